The molecule has 2 N–H and O–H groups in total. The highest BCUT2D eigenvalue weighted by Gasteiger charge is 2.16. The van der Waals surface area contributed by atoms with Crippen molar-refractivity contribution in [1.29, 1.82) is 0 Å². The Morgan fingerprint density at radius 3 is 2.48 bits per heavy atom. The molecule has 25 heavy (non-hydrogen) atoms. The van der Waals surface area contributed by atoms with Gasteiger partial charge in [-0.3, -0.25) is 9.52 Å². The van der Waals surface area contributed by atoms with Gasteiger partial charge in [0.25, 0.3) is 5.91 Å². The number of hydrogen-bond acceptors (Lipinski definition) is 5. The number of rotatable bonds is 6. The van der Waals surface area contributed by atoms with E-state index in [1.807, 2.05) is 13.0 Å². The molecule has 0 aliphatic heterocycles. The molecule has 7 nitrogen and oxygen atoms in total. The van der Waals surface area contributed by atoms with Crippen molar-refractivity contribution in [2.45, 2.75) is 6.92 Å². The minimum absolute atomic E-state index is 0.0243. The molecule has 0 aromatic heterocycles. The van der Waals surface area contributed by atoms with Crippen LogP contribution in [-0.4, -0.2) is 33.2 Å². The van der Waals surface area contributed by atoms with E-state index >= 15 is 0 Å². The number of anilines is 2. The van der Waals surface area contributed by atoms with Crippen LogP contribution in [0.15, 0.2) is 48.5 Å². The van der Waals surface area contributed by atoms with Crippen LogP contribution >= 0.6 is 0 Å². The Labute approximate surface area is 146 Å². The van der Waals surface area contributed by atoms with Crippen LogP contribution in [0.4, 0.5) is 11.4 Å². The van der Waals surface area contributed by atoms with E-state index in [4.69, 9.17) is 4.74 Å². The number of ether oxygens (including phenoxy) is 1. The fourth-order valence-corrected chi connectivity index (χ4v) is 2.66. The number of esters is 1. The van der Waals surface area contributed by atoms with E-state index in [0.29, 0.717) is 5.69 Å². The summed E-state index contributed by atoms with van der Waals surface area (Å²) in [5, 5.41) is 2.61. The van der Waals surface area contributed by atoms with Gasteiger partial charge in [-0.2, -0.15) is 0 Å². The topological polar surface area (TPSA) is 102 Å². The van der Waals surface area contributed by atoms with E-state index < -0.39 is 28.5 Å². The Morgan fingerprint density at radius 2 is 1.80 bits per heavy atom. The minimum Gasteiger partial charge on any atom is -0.452 e. The van der Waals surface area contributed by atoms with Gasteiger partial charge in [0, 0.05) is 5.69 Å². The first-order valence-corrected chi connectivity index (χ1v) is 9.24. The lowest BCUT2D eigenvalue weighted by molar-refractivity contribution is -0.119. The monoisotopic (exact) mass is 362 g/mol. The third-order valence-electron chi connectivity index (χ3n) is 3.08. The summed E-state index contributed by atoms with van der Waals surface area (Å²) >= 11 is 0. The van der Waals surface area contributed by atoms with Crippen LogP contribution in [0.5, 0.6) is 0 Å². The molecule has 0 spiro atoms. The largest absolute Gasteiger partial charge is 0.452 e. The van der Waals surface area contributed by atoms with E-state index in [1.54, 1.807) is 30.3 Å². The van der Waals surface area contributed by atoms with Gasteiger partial charge in [0.1, 0.15) is 0 Å². The highest BCUT2D eigenvalue weighted by molar-refractivity contribution is 7.92. The minimum atomic E-state index is -3.55. The van der Waals surface area contributed by atoms with Gasteiger partial charge in [-0.05, 0) is 36.8 Å². The number of sulfonamides is 1. The first kappa shape index (κ1) is 18.5. The Kier molecular flexibility index (Phi) is 5.76. The summed E-state index contributed by atoms with van der Waals surface area (Å²) in [6, 6.07) is 13.2. The maximum Gasteiger partial charge on any atom is 0.340 e. The zero-order valence-corrected chi connectivity index (χ0v) is 14.6. The third-order valence-corrected chi connectivity index (χ3v) is 3.67. The van der Waals surface area contributed by atoms with Gasteiger partial charge in [-0.15, -0.1) is 0 Å². The molecule has 0 fully saturated rings. The van der Waals surface area contributed by atoms with E-state index in [1.165, 1.54) is 12.1 Å². The van der Waals surface area contributed by atoms with Crippen molar-refractivity contribution in [1.82, 2.24) is 0 Å². The second kappa shape index (κ2) is 7.80. The van der Waals surface area contributed by atoms with Crippen molar-refractivity contribution in [2.75, 3.05) is 22.9 Å². The Morgan fingerprint density at radius 1 is 1.08 bits per heavy atom. The highest BCUT2D eigenvalue weighted by atomic mass is 32.2. The number of nitrogens with one attached hydrogen (secondary N) is 2. The summed E-state index contributed by atoms with van der Waals surface area (Å²) in [7, 11) is -3.55. The van der Waals surface area contributed by atoms with Crippen molar-refractivity contribution >= 4 is 33.3 Å². The second-order valence-corrected chi connectivity index (χ2v) is 7.16. The molecule has 0 radical (unpaired) electrons. The van der Waals surface area contributed by atoms with Crippen molar-refractivity contribution in [2.24, 2.45) is 0 Å². The van der Waals surface area contributed by atoms with Crippen LogP contribution < -0.4 is 10.0 Å². The third kappa shape index (κ3) is 5.92. The van der Waals surface area contributed by atoms with Gasteiger partial charge in [-0.1, -0.05) is 24.3 Å². The molecule has 0 atom stereocenters. The maximum absolute atomic E-state index is 12.1. The number of hydrogen-bond donors (Lipinski definition) is 2. The van der Waals surface area contributed by atoms with E-state index in [9.17, 15) is 18.0 Å². The van der Waals surface area contributed by atoms with E-state index in [0.717, 1.165) is 11.8 Å². The molecule has 132 valence electrons. The average Bonchev–Trinajstić information content (AvgIpc) is 2.51. The van der Waals surface area contributed by atoms with Crippen LogP contribution in [0.1, 0.15) is 15.9 Å². The molecule has 0 bridgehead atoms. The van der Waals surface area contributed by atoms with Gasteiger partial charge in [0.2, 0.25) is 10.0 Å². The van der Waals surface area contributed by atoms with Gasteiger partial charge < -0.3 is 10.1 Å². The lowest BCUT2D eigenvalue weighted by Crippen LogP contribution is -2.22. The first-order chi connectivity index (χ1) is 11.7. The first-order valence-electron chi connectivity index (χ1n) is 7.35. The van der Waals surface area contributed by atoms with E-state index in [-0.39, 0.29) is 11.3 Å². The molecule has 0 saturated heterocycles. The normalized spacial score (nSPS) is 10.8. The summed E-state index contributed by atoms with van der Waals surface area (Å²) in [4.78, 5) is 24.0. The number of carbonyl (C=O) groups excluding carboxylic acids is 2. The van der Waals surface area contributed by atoms with Crippen LogP contribution in [0.25, 0.3) is 0 Å². The summed E-state index contributed by atoms with van der Waals surface area (Å²) in [6.07, 6.45) is 0.977. The fourth-order valence-electron chi connectivity index (χ4n) is 2.08. The predicted octanol–water partition coefficient (Wildman–Crippen LogP) is 2.16. The summed E-state index contributed by atoms with van der Waals surface area (Å²) < 4.78 is 29.9. The quantitative estimate of drug-likeness (QED) is 0.767. The molecule has 2 aromatic carbocycles. The van der Waals surface area contributed by atoms with Gasteiger partial charge in [0.05, 0.1) is 17.5 Å². The standard InChI is InChI=1S/C17H18N2O5S/c1-12-6-5-7-13(10-12)18-16(20)11-24-17(21)14-8-3-4-9-15(14)19-25(2,22)23/h3-10,19H,11H2,1-2H3,(H,18,20). The molecule has 2 rings (SSSR count). The van der Waals surface area contributed by atoms with Gasteiger partial charge in [-0.25, -0.2) is 13.2 Å². The zero-order valence-electron chi connectivity index (χ0n) is 13.8. The van der Waals surface area contributed by atoms with Crippen molar-refractivity contribution in [3.8, 4) is 0 Å². The number of para-hydroxylation sites is 1. The molecule has 0 heterocycles. The lowest BCUT2D eigenvalue weighted by atomic mass is 10.2. The predicted molar refractivity (Wildman–Crippen MR) is 95.0 cm³/mol. The Hall–Kier alpha value is -2.87. The second-order valence-electron chi connectivity index (χ2n) is 5.41. The van der Waals surface area contributed by atoms with Crippen LogP contribution in [0.3, 0.4) is 0 Å². The summed E-state index contributed by atoms with van der Waals surface area (Å²) in [5.74, 6) is -1.29. The molecule has 0 aliphatic carbocycles. The maximum atomic E-state index is 12.1. The van der Waals surface area contributed by atoms with Gasteiger partial charge >= 0.3 is 5.97 Å². The van der Waals surface area contributed by atoms with E-state index in [2.05, 4.69) is 10.0 Å². The Bertz CT molecular complexity index is 893. The smallest absolute Gasteiger partial charge is 0.340 e. The van der Waals surface area contributed by atoms with Crippen molar-refractivity contribution in [3.05, 3.63) is 59.7 Å². The van der Waals surface area contributed by atoms with Crippen LogP contribution in [0.2, 0.25) is 0 Å². The SMILES string of the molecule is Cc1cccc(NC(=O)COC(=O)c2ccccc2NS(C)(=O)=O)c1. The molecule has 2 aromatic rings. The molecule has 0 aliphatic rings. The molecule has 0 unspecified atom stereocenters. The van der Waals surface area contributed by atoms with Crippen molar-refractivity contribution in [3.63, 3.8) is 0 Å². The average molecular weight is 362 g/mol. The van der Waals surface area contributed by atoms with Crippen LogP contribution in [-0.2, 0) is 19.6 Å². The van der Waals surface area contributed by atoms with Crippen LogP contribution in [0, 0.1) is 6.92 Å². The molecular weight excluding hydrogens is 344 g/mol. The molecule has 8 heteroatoms. The molecule has 0 saturated carbocycles. The molecular formula is C17H18N2O5S. The zero-order chi connectivity index (χ0) is 18.4. The van der Waals surface area contributed by atoms with Gasteiger partial charge in [0.15, 0.2) is 6.61 Å². The fraction of sp³-hybridized carbons (Fsp3) is 0.176. The Balaban J connectivity index is 1.99. The summed E-state index contributed by atoms with van der Waals surface area (Å²) in [6.45, 7) is 1.40. The molecule has 1 amide bonds. The summed E-state index contributed by atoms with van der Waals surface area (Å²) in [5.41, 5.74) is 1.70. The number of carbonyl (C=O) groups is 2. The highest BCUT2D eigenvalue weighted by Crippen LogP contribution is 2.17. The lowest BCUT2D eigenvalue weighted by Gasteiger charge is -2.10. The number of aryl methyl sites for hydroxylation is 1. The number of amides is 1. The van der Waals surface area contributed by atoms with Crippen molar-refractivity contribution < 1.29 is 22.7 Å². The number of benzene rings is 2.